The van der Waals surface area contributed by atoms with Crippen LogP contribution in [0, 0.1) is 11.8 Å². The smallest absolute Gasteiger partial charge is 0.0167 e. The van der Waals surface area contributed by atoms with E-state index >= 15 is 0 Å². The van der Waals surface area contributed by atoms with E-state index in [0.717, 1.165) is 18.4 Å². The number of allylic oxidation sites excluding steroid dienone is 1. The van der Waals surface area contributed by atoms with Gasteiger partial charge in [-0.15, -0.1) is 0 Å². The van der Waals surface area contributed by atoms with Gasteiger partial charge in [0.25, 0.3) is 0 Å². The standard InChI is InChI=1S/C19H35N/c1-2-14-20-16-19(18-12-8-5-9-13-18)15-17-10-6-3-4-7-11-17/h15,17-18,20H,2-14,16H2,1H3. The summed E-state index contributed by atoms with van der Waals surface area (Å²) in [7, 11) is 0. The molecule has 2 saturated carbocycles. The van der Waals surface area contributed by atoms with E-state index in [4.69, 9.17) is 0 Å². The van der Waals surface area contributed by atoms with Gasteiger partial charge in [-0.1, -0.05) is 63.5 Å². The minimum absolute atomic E-state index is 0.887. The van der Waals surface area contributed by atoms with Crippen LogP contribution in [0.15, 0.2) is 11.6 Å². The number of rotatable bonds is 6. The van der Waals surface area contributed by atoms with E-state index < -0.39 is 0 Å². The van der Waals surface area contributed by atoms with Crippen LogP contribution in [0.1, 0.15) is 84.0 Å². The maximum atomic E-state index is 3.67. The van der Waals surface area contributed by atoms with Crippen molar-refractivity contribution in [3.8, 4) is 0 Å². The van der Waals surface area contributed by atoms with Crippen LogP contribution in [0.2, 0.25) is 0 Å². The average Bonchev–Trinajstić information content (AvgIpc) is 2.76. The van der Waals surface area contributed by atoms with E-state index in [1.54, 1.807) is 5.57 Å². The molecule has 1 nitrogen and oxygen atoms in total. The molecule has 0 amide bonds. The minimum Gasteiger partial charge on any atom is -0.313 e. The van der Waals surface area contributed by atoms with Crippen LogP contribution >= 0.6 is 0 Å². The van der Waals surface area contributed by atoms with Crippen molar-refractivity contribution in [2.24, 2.45) is 11.8 Å². The Morgan fingerprint density at radius 3 is 2.15 bits per heavy atom. The lowest BCUT2D eigenvalue weighted by Crippen LogP contribution is -2.23. The third-order valence-electron chi connectivity index (χ3n) is 5.24. The van der Waals surface area contributed by atoms with Crippen LogP contribution in [0.5, 0.6) is 0 Å². The molecule has 0 atom stereocenters. The molecule has 0 unspecified atom stereocenters. The van der Waals surface area contributed by atoms with Gasteiger partial charge in [-0.05, 0) is 50.5 Å². The molecule has 2 fully saturated rings. The second-order valence-electron chi connectivity index (χ2n) is 7.00. The summed E-state index contributed by atoms with van der Waals surface area (Å²) in [5.41, 5.74) is 1.77. The van der Waals surface area contributed by atoms with Crippen molar-refractivity contribution in [2.75, 3.05) is 13.1 Å². The van der Waals surface area contributed by atoms with Gasteiger partial charge in [-0.25, -0.2) is 0 Å². The molecule has 2 aliphatic rings. The fraction of sp³-hybridized carbons (Fsp3) is 0.895. The lowest BCUT2D eigenvalue weighted by molar-refractivity contribution is 0.390. The normalized spacial score (nSPS) is 23.8. The molecule has 2 aliphatic carbocycles. The molecule has 0 aromatic carbocycles. The molecule has 0 aromatic rings. The molecule has 0 aromatic heterocycles. The second kappa shape index (κ2) is 9.60. The topological polar surface area (TPSA) is 12.0 Å². The zero-order valence-corrected chi connectivity index (χ0v) is 13.6. The second-order valence-corrected chi connectivity index (χ2v) is 7.00. The summed E-state index contributed by atoms with van der Waals surface area (Å²) >= 11 is 0. The van der Waals surface area contributed by atoms with Gasteiger partial charge >= 0.3 is 0 Å². The Labute approximate surface area is 126 Å². The van der Waals surface area contributed by atoms with Gasteiger partial charge < -0.3 is 5.32 Å². The van der Waals surface area contributed by atoms with Gasteiger partial charge in [-0.2, -0.15) is 0 Å². The third-order valence-corrected chi connectivity index (χ3v) is 5.24. The van der Waals surface area contributed by atoms with Crippen molar-refractivity contribution in [1.82, 2.24) is 5.32 Å². The SMILES string of the molecule is CCCNCC(=CC1CCCCCC1)C1CCCCC1. The molecule has 20 heavy (non-hydrogen) atoms. The van der Waals surface area contributed by atoms with Crippen molar-refractivity contribution in [3.63, 3.8) is 0 Å². The highest BCUT2D eigenvalue weighted by molar-refractivity contribution is 5.12. The van der Waals surface area contributed by atoms with Crippen molar-refractivity contribution in [2.45, 2.75) is 84.0 Å². The summed E-state index contributed by atoms with van der Waals surface area (Å²) in [5, 5.41) is 3.67. The lowest BCUT2D eigenvalue weighted by atomic mass is 9.81. The summed E-state index contributed by atoms with van der Waals surface area (Å²) in [6.07, 6.45) is 20.0. The van der Waals surface area contributed by atoms with Gasteiger partial charge in [0.05, 0.1) is 0 Å². The molecule has 0 spiro atoms. The highest BCUT2D eigenvalue weighted by Crippen LogP contribution is 2.32. The Balaban J connectivity index is 1.94. The minimum atomic E-state index is 0.887. The van der Waals surface area contributed by atoms with Crippen molar-refractivity contribution in [3.05, 3.63) is 11.6 Å². The zero-order chi connectivity index (χ0) is 14.0. The van der Waals surface area contributed by atoms with Gasteiger partial charge in [0.1, 0.15) is 0 Å². The number of nitrogens with one attached hydrogen (secondary N) is 1. The van der Waals surface area contributed by atoms with E-state index in [0.29, 0.717) is 0 Å². The van der Waals surface area contributed by atoms with Crippen molar-refractivity contribution >= 4 is 0 Å². The molecule has 0 radical (unpaired) electrons. The quantitative estimate of drug-likeness (QED) is 0.386. The fourth-order valence-corrected chi connectivity index (χ4v) is 4.00. The van der Waals surface area contributed by atoms with Crippen molar-refractivity contribution in [1.29, 1.82) is 0 Å². The molecule has 1 N–H and O–H groups in total. The Morgan fingerprint density at radius 1 is 0.900 bits per heavy atom. The molecule has 116 valence electrons. The first-order chi connectivity index (χ1) is 9.90. The van der Waals surface area contributed by atoms with Crippen molar-refractivity contribution < 1.29 is 0 Å². The fourth-order valence-electron chi connectivity index (χ4n) is 4.00. The van der Waals surface area contributed by atoms with Gasteiger partial charge in [-0.3, -0.25) is 0 Å². The van der Waals surface area contributed by atoms with Gasteiger partial charge in [0.15, 0.2) is 0 Å². The largest absolute Gasteiger partial charge is 0.313 e. The molecule has 2 rings (SSSR count). The number of hydrogen-bond acceptors (Lipinski definition) is 1. The predicted octanol–water partition coefficient (Wildman–Crippen LogP) is 5.46. The van der Waals surface area contributed by atoms with Gasteiger partial charge in [0.2, 0.25) is 0 Å². The average molecular weight is 277 g/mol. The highest BCUT2D eigenvalue weighted by Gasteiger charge is 2.19. The van der Waals surface area contributed by atoms with E-state index in [9.17, 15) is 0 Å². The van der Waals surface area contributed by atoms with E-state index in [1.165, 1.54) is 83.6 Å². The van der Waals surface area contributed by atoms with Crippen LogP contribution in [-0.2, 0) is 0 Å². The molecule has 0 bridgehead atoms. The number of hydrogen-bond donors (Lipinski definition) is 1. The zero-order valence-electron chi connectivity index (χ0n) is 13.6. The Morgan fingerprint density at radius 2 is 1.50 bits per heavy atom. The molecule has 0 heterocycles. The summed E-state index contributed by atoms with van der Waals surface area (Å²) in [5.74, 6) is 1.79. The maximum Gasteiger partial charge on any atom is 0.0167 e. The molecular formula is C19H35N. The summed E-state index contributed by atoms with van der Waals surface area (Å²) in [4.78, 5) is 0. The lowest BCUT2D eigenvalue weighted by Gasteiger charge is -2.26. The molecule has 0 aliphatic heterocycles. The van der Waals surface area contributed by atoms with E-state index in [1.807, 2.05) is 0 Å². The Bertz CT molecular complexity index is 267. The first-order valence-electron chi connectivity index (χ1n) is 9.31. The van der Waals surface area contributed by atoms with E-state index in [2.05, 4.69) is 18.3 Å². The Hall–Kier alpha value is -0.300. The summed E-state index contributed by atoms with van der Waals surface area (Å²) in [6.45, 7) is 4.60. The first kappa shape index (κ1) is 16.1. The predicted molar refractivity (Wildman–Crippen MR) is 89.0 cm³/mol. The van der Waals surface area contributed by atoms with Crippen LogP contribution in [0.25, 0.3) is 0 Å². The van der Waals surface area contributed by atoms with Crippen LogP contribution in [-0.4, -0.2) is 13.1 Å². The van der Waals surface area contributed by atoms with Crippen LogP contribution < -0.4 is 5.32 Å². The monoisotopic (exact) mass is 277 g/mol. The third kappa shape index (κ3) is 5.60. The molecular weight excluding hydrogens is 242 g/mol. The van der Waals surface area contributed by atoms with Crippen LogP contribution in [0.4, 0.5) is 0 Å². The maximum absolute atomic E-state index is 3.67. The molecule has 0 saturated heterocycles. The van der Waals surface area contributed by atoms with Gasteiger partial charge in [0, 0.05) is 6.54 Å². The van der Waals surface area contributed by atoms with Crippen LogP contribution in [0.3, 0.4) is 0 Å². The van der Waals surface area contributed by atoms with E-state index in [-0.39, 0.29) is 0 Å². The highest BCUT2D eigenvalue weighted by atomic mass is 14.8. The molecule has 1 heteroatoms. The first-order valence-corrected chi connectivity index (χ1v) is 9.31. The summed E-state index contributed by atoms with van der Waals surface area (Å²) in [6, 6.07) is 0. The Kier molecular flexibility index (Phi) is 7.72. The summed E-state index contributed by atoms with van der Waals surface area (Å²) < 4.78 is 0.